The lowest BCUT2D eigenvalue weighted by molar-refractivity contribution is -0.124. The van der Waals surface area contributed by atoms with Gasteiger partial charge in [0, 0.05) is 6.04 Å². The van der Waals surface area contributed by atoms with Crippen LogP contribution in [0, 0.1) is 0 Å². The van der Waals surface area contributed by atoms with Crippen LogP contribution in [0.5, 0.6) is 5.75 Å². The van der Waals surface area contributed by atoms with Crippen LogP contribution < -0.4 is 10.1 Å². The number of carbonyl (C=O) groups excluding carboxylic acids is 2. The van der Waals surface area contributed by atoms with E-state index < -0.39 is 5.97 Å². The van der Waals surface area contributed by atoms with Crippen molar-refractivity contribution in [3.8, 4) is 5.75 Å². The molecule has 1 amide bonds. The van der Waals surface area contributed by atoms with Crippen LogP contribution in [-0.4, -0.2) is 24.5 Å². The average molecular weight is 418 g/mol. The van der Waals surface area contributed by atoms with Gasteiger partial charge in [0.05, 0.1) is 5.56 Å². The molecule has 0 aromatic heterocycles. The number of esters is 1. The first kappa shape index (κ1) is 22.1. The third kappa shape index (κ3) is 7.63. The van der Waals surface area contributed by atoms with E-state index in [-0.39, 0.29) is 18.6 Å². The van der Waals surface area contributed by atoms with Gasteiger partial charge in [-0.1, -0.05) is 60.7 Å². The molecule has 0 saturated heterocycles. The average Bonchev–Trinajstić information content (AvgIpc) is 2.81. The van der Waals surface area contributed by atoms with Crippen molar-refractivity contribution in [2.45, 2.75) is 32.4 Å². The molecule has 0 unspecified atom stereocenters. The molecular formula is C26H27NO4. The summed E-state index contributed by atoms with van der Waals surface area (Å²) in [4.78, 5) is 24.3. The molecule has 0 aliphatic carbocycles. The number of hydrogen-bond acceptors (Lipinski definition) is 4. The Morgan fingerprint density at radius 1 is 0.839 bits per heavy atom. The normalized spacial score (nSPS) is 11.4. The molecule has 1 atom stereocenters. The molecule has 3 aromatic rings. The fraction of sp³-hybridized carbons (Fsp3) is 0.231. The van der Waals surface area contributed by atoms with Gasteiger partial charge in [-0.15, -0.1) is 0 Å². The highest BCUT2D eigenvalue weighted by atomic mass is 16.5. The highest BCUT2D eigenvalue weighted by molar-refractivity contribution is 5.91. The summed E-state index contributed by atoms with van der Waals surface area (Å²) >= 11 is 0. The molecule has 160 valence electrons. The maximum atomic E-state index is 12.2. The number of aryl methyl sites for hydroxylation is 1. The van der Waals surface area contributed by atoms with Crippen LogP contribution in [0.4, 0.5) is 0 Å². The highest BCUT2D eigenvalue weighted by Crippen LogP contribution is 2.15. The molecule has 5 heteroatoms. The van der Waals surface area contributed by atoms with Gasteiger partial charge in [-0.3, -0.25) is 4.79 Å². The van der Waals surface area contributed by atoms with Gasteiger partial charge in [0.1, 0.15) is 12.4 Å². The van der Waals surface area contributed by atoms with Gasteiger partial charge in [0.15, 0.2) is 6.61 Å². The lowest BCUT2D eigenvalue weighted by Gasteiger charge is -2.14. The Labute approximate surface area is 183 Å². The molecule has 31 heavy (non-hydrogen) atoms. The molecule has 0 saturated carbocycles. The van der Waals surface area contributed by atoms with E-state index in [0.717, 1.165) is 18.4 Å². The third-order valence-corrected chi connectivity index (χ3v) is 4.79. The highest BCUT2D eigenvalue weighted by Gasteiger charge is 2.12. The monoisotopic (exact) mass is 417 g/mol. The number of ether oxygens (including phenoxy) is 2. The van der Waals surface area contributed by atoms with Crippen molar-refractivity contribution in [1.29, 1.82) is 0 Å². The van der Waals surface area contributed by atoms with Crippen molar-refractivity contribution < 1.29 is 19.1 Å². The van der Waals surface area contributed by atoms with E-state index in [1.807, 2.05) is 55.5 Å². The zero-order chi connectivity index (χ0) is 21.9. The Hall–Kier alpha value is -3.60. The van der Waals surface area contributed by atoms with E-state index in [0.29, 0.717) is 17.9 Å². The second kappa shape index (κ2) is 11.6. The Kier molecular flexibility index (Phi) is 8.23. The molecule has 5 nitrogen and oxygen atoms in total. The van der Waals surface area contributed by atoms with Crippen LogP contribution in [-0.2, 0) is 22.6 Å². The minimum atomic E-state index is -0.540. The van der Waals surface area contributed by atoms with E-state index in [9.17, 15) is 9.59 Å². The van der Waals surface area contributed by atoms with Crippen LogP contribution in [0.15, 0.2) is 84.9 Å². The lowest BCUT2D eigenvalue weighted by atomic mass is 10.1. The predicted octanol–water partition coefficient (Wildman–Crippen LogP) is 4.56. The van der Waals surface area contributed by atoms with E-state index >= 15 is 0 Å². The van der Waals surface area contributed by atoms with Crippen molar-refractivity contribution >= 4 is 11.9 Å². The maximum absolute atomic E-state index is 12.2. The van der Waals surface area contributed by atoms with Crippen LogP contribution in [0.3, 0.4) is 0 Å². The Morgan fingerprint density at radius 3 is 2.10 bits per heavy atom. The van der Waals surface area contributed by atoms with Crippen molar-refractivity contribution in [2.24, 2.45) is 0 Å². The van der Waals surface area contributed by atoms with Gasteiger partial charge >= 0.3 is 5.97 Å². The summed E-state index contributed by atoms with van der Waals surface area (Å²) in [5.74, 6) is -0.191. The molecule has 0 fully saturated rings. The largest absolute Gasteiger partial charge is 0.489 e. The molecular weight excluding hydrogens is 390 g/mol. The second-order valence-electron chi connectivity index (χ2n) is 7.37. The summed E-state index contributed by atoms with van der Waals surface area (Å²) in [5.41, 5.74) is 2.67. The van der Waals surface area contributed by atoms with Crippen LogP contribution >= 0.6 is 0 Å². The number of nitrogens with one attached hydrogen (secondary N) is 1. The topological polar surface area (TPSA) is 64.6 Å². The van der Waals surface area contributed by atoms with Crippen LogP contribution in [0.25, 0.3) is 0 Å². The molecule has 0 aliphatic heterocycles. The SMILES string of the molecule is C[C@H](CCc1ccccc1)NC(=O)COC(=O)c1ccc(OCc2ccccc2)cc1. The Morgan fingerprint density at radius 2 is 1.45 bits per heavy atom. The lowest BCUT2D eigenvalue weighted by Crippen LogP contribution is -2.36. The minimum absolute atomic E-state index is 0.00699. The molecule has 3 rings (SSSR count). The number of benzene rings is 3. The number of rotatable bonds is 10. The Bertz CT molecular complexity index is 956. The van der Waals surface area contributed by atoms with Crippen LogP contribution in [0.2, 0.25) is 0 Å². The molecule has 0 heterocycles. The summed E-state index contributed by atoms with van der Waals surface area (Å²) in [7, 11) is 0. The summed E-state index contributed by atoms with van der Waals surface area (Å²) in [5, 5.41) is 2.86. The van der Waals surface area contributed by atoms with E-state index in [1.165, 1.54) is 5.56 Å². The van der Waals surface area contributed by atoms with Gasteiger partial charge in [-0.25, -0.2) is 4.79 Å². The zero-order valence-corrected chi connectivity index (χ0v) is 17.6. The third-order valence-electron chi connectivity index (χ3n) is 4.79. The van der Waals surface area contributed by atoms with Gasteiger partial charge in [0.2, 0.25) is 0 Å². The second-order valence-corrected chi connectivity index (χ2v) is 7.37. The van der Waals surface area contributed by atoms with E-state index in [1.54, 1.807) is 24.3 Å². The van der Waals surface area contributed by atoms with Gasteiger partial charge in [-0.2, -0.15) is 0 Å². The first-order valence-electron chi connectivity index (χ1n) is 10.4. The predicted molar refractivity (Wildman–Crippen MR) is 120 cm³/mol. The van der Waals surface area contributed by atoms with Gasteiger partial charge < -0.3 is 14.8 Å². The molecule has 0 aliphatic rings. The fourth-order valence-corrected chi connectivity index (χ4v) is 3.06. The molecule has 1 N–H and O–H groups in total. The molecule has 0 radical (unpaired) electrons. The summed E-state index contributed by atoms with van der Waals surface area (Å²) in [6.07, 6.45) is 1.69. The first-order chi connectivity index (χ1) is 15.1. The fourth-order valence-electron chi connectivity index (χ4n) is 3.06. The quantitative estimate of drug-likeness (QED) is 0.491. The summed E-state index contributed by atoms with van der Waals surface area (Å²) < 4.78 is 10.8. The van der Waals surface area contributed by atoms with E-state index in [2.05, 4.69) is 17.4 Å². The van der Waals surface area contributed by atoms with Crippen molar-refractivity contribution in [2.75, 3.05) is 6.61 Å². The standard InChI is InChI=1S/C26H27NO4/c1-20(12-13-21-8-4-2-5-9-21)27-25(28)19-31-26(29)23-14-16-24(17-15-23)30-18-22-10-6-3-7-11-22/h2-11,14-17,20H,12-13,18-19H2,1H3,(H,27,28)/t20-/m1/s1. The number of amides is 1. The van der Waals surface area contributed by atoms with Gasteiger partial charge in [-0.05, 0) is 55.2 Å². The van der Waals surface area contributed by atoms with Crippen molar-refractivity contribution in [3.63, 3.8) is 0 Å². The molecule has 0 bridgehead atoms. The zero-order valence-electron chi connectivity index (χ0n) is 17.6. The van der Waals surface area contributed by atoms with Crippen molar-refractivity contribution in [1.82, 2.24) is 5.32 Å². The molecule has 0 spiro atoms. The first-order valence-corrected chi connectivity index (χ1v) is 10.4. The number of carbonyl (C=O) groups is 2. The van der Waals surface area contributed by atoms with Crippen molar-refractivity contribution in [3.05, 3.63) is 102 Å². The Balaban J connectivity index is 1.37. The van der Waals surface area contributed by atoms with E-state index in [4.69, 9.17) is 9.47 Å². The number of hydrogen-bond donors (Lipinski definition) is 1. The smallest absolute Gasteiger partial charge is 0.338 e. The van der Waals surface area contributed by atoms with Crippen LogP contribution in [0.1, 0.15) is 34.8 Å². The maximum Gasteiger partial charge on any atom is 0.338 e. The summed E-state index contributed by atoms with van der Waals surface area (Å²) in [6, 6.07) is 26.6. The summed E-state index contributed by atoms with van der Waals surface area (Å²) in [6.45, 7) is 2.09. The van der Waals surface area contributed by atoms with Gasteiger partial charge in [0.25, 0.3) is 5.91 Å². The molecule has 3 aromatic carbocycles. The minimum Gasteiger partial charge on any atom is -0.489 e.